The summed E-state index contributed by atoms with van der Waals surface area (Å²) in [5.41, 5.74) is 5.01. The molecule has 0 fully saturated rings. The SMILES string of the molecule is N=C(N)NC(=N)Nc1c(F)ccc2c1OCO2. The molecule has 6 N–H and O–H groups in total. The number of nitrogens with two attached hydrogens (primary N) is 1. The molecule has 1 aromatic rings. The molecular weight excluding hydrogens is 229 g/mol. The second-order valence-electron chi connectivity index (χ2n) is 3.19. The van der Waals surface area contributed by atoms with E-state index in [0.29, 0.717) is 5.75 Å². The molecule has 0 aliphatic carbocycles. The number of hydrogen-bond acceptors (Lipinski definition) is 4. The summed E-state index contributed by atoms with van der Waals surface area (Å²) in [5, 5.41) is 18.9. The molecule has 7 nitrogen and oxygen atoms in total. The summed E-state index contributed by atoms with van der Waals surface area (Å²) in [7, 11) is 0. The molecule has 8 heteroatoms. The molecule has 0 saturated heterocycles. The summed E-state index contributed by atoms with van der Waals surface area (Å²) >= 11 is 0. The second-order valence-corrected chi connectivity index (χ2v) is 3.19. The summed E-state index contributed by atoms with van der Waals surface area (Å²) in [6.07, 6.45) is 0. The van der Waals surface area contributed by atoms with Crippen LogP contribution in [0, 0.1) is 16.6 Å². The maximum Gasteiger partial charge on any atom is 0.231 e. The molecule has 0 spiro atoms. The standard InChI is InChI=1S/C9H10FN5O2/c10-4-1-2-5-7(17-3-16-5)6(4)14-9(13)15-8(11)12/h1-2H,3H2,(H6,11,12,13,14,15). The minimum Gasteiger partial charge on any atom is -0.454 e. The van der Waals surface area contributed by atoms with Crippen LogP contribution in [0.3, 0.4) is 0 Å². The predicted octanol–water partition coefficient (Wildman–Crippen LogP) is 0.384. The topological polar surface area (TPSA) is 116 Å². The van der Waals surface area contributed by atoms with E-state index in [9.17, 15) is 4.39 Å². The van der Waals surface area contributed by atoms with E-state index in [1.165, 1.54) is 12.1 Å². The number of ether oxygens (including phenoxy) is 2. The molecule has 0 aromatic heterocycles. The van der Waals surface area contributed by atoms with Gasteiger partial charge in [0.15, 0.2) is 29.2 Å². The Morgan fingerprint density at radius 2 is 2.12 bits per heavy atom. The lowest BCUT2D eigenvalue weighted by Crippen LogP contribution is -2.39. The van der Waals surface area contributed by atoms with Crippen LogP contribution in [0.5, 0.6) is 11.5 Å². The predicted molar refractivity (Wildman–Crippen MR) is 58.9 cm³/mol. The van der Waals surface area contributed by atoms with Gasteiger partial charge in [-0.3, -0.25) is 16.1 Å². The van der Waals surface area contributed by atoms with E-state index in [1.54, 1.807) is 0 Å². The smallest absolute Gasteiger partial charge is 0.231 e. The molecule has 2 rings (SSSR count). The number of halogens is 1. The van der Waals surface area contributed by atoms with E-state index < -0.39 is 11.8 Å². The number of hydrogen-bond donors (Lipinski definition) is 5. The van der Waals surface area contributed by atoms with Gasteiger partial charge >= 0.3 is 0 Å². The molecule has 0 amide bonds. The number of nitrogens with one attached hydrogen (secondary N) is 4. The zero-order chi connectivity index (χ0) is 12.4. The number of anilines is 1. The van der Waals surface area contributed by atoms with Crippen molar-refractivity contribution in [2.45, 2.75) is 0 Å². The average Bonchev–Trinajstić information content (AvgIpc) is 2.69. The summed E-state index contributed by atoms with van der Waals surface area (Å²) < 4.78 is 23.7. The Bertz CT molecular complexity index is 491. The van der Waals surface area contributed by atoms with Gasteiger partial charge in [-0.15, -0.1) is 0 Å². The van der Waals surface area contributed by atoms with Crippen molar-refractivity contribution >= 4 is 17.6 Å². The van der Waals surface area contributed by atoms with E-state index in [-0.39, 0.29) is 24.2 Å². The number of fused-ring (bicyclic) bond motifs is 1. The second kappa shape index (κ2) is 4.16. The average molecular weight is 239 g/mol. The Balaban J connectivity index is 2.24. The molecule has 0 saturated carbocycles. The van der Waals surface area contributed by atoms with Crippen LogP contribution in [0.4, 0.5) is 10.1 Å². The molecule has 0 atom stereocenters. The van der Waals surface area contributed by atoms with Gasteiger partial charge in [0.05, 0.1) is 0 Å². The third-order valence-corrected chi connectivity index (χ3v) is 2.00. The lowest BCUT2D eigenvalue weighted by Gasteiger charge is -2.11. The summed E-state index contributed by atoms with van der Waals surface area (Å²) in [4.78, 5) is 0. The van der Waals surface area contributed by atoms with Gasteiger partial charge in [-0.25, -0.2) is 4.39 Å². The van der Waals surface area contributed by atoms with Crippen molar-refractivity contribution in [2.24, 2.45) is 5.73 Å². The van der Waals surface area contributed by atoms with Gasteiger partial charge in [-0.2, -0.15) is 0 Å². The number of benzene rings is 1. The number of guanidine groups is 2. The van der Waals surface area contributed by atoms with Crippen LogP contribution >= 0.6 is 0 Å². The van der Waals surface area contributed by atoms with E-state index in [1.807, 2.05) is 0 Å². The maximum absolute atomic E-state index is 13.5. The molecule has 17 heavy (non-hydrogen) atoms. The minimum atomic E-state index is -0.593. The van der Waals surface area contributed by atoms with Crippen molar-refractivity contribution in [3.63, 3.8) is 0 Å². The molecule has 1 aromatic carbocycles. The molecular formula is C9H10FN5O2. The Labute approximate surface area is 95.7 Å². The summed E-state index contributed by atoms with van der Waals surface area (Å²) in [6.45, 7) is 0.000929. The van der Waals surface area contributed by atoms with Crippen molar-refractivity contribution in [2.75, 3.05) is 12.1 Å². The molecule has 1 aliphatic rings. The van der Waals surface area contributed by atoms with Crippen molar-refractivity contribution in [1.29, 1.82) is 10.8 Å². The first-order chi connectivity index (χ1) is 8.08. The van der Waals surface area contributed by atoms with E-state index in [4.69, 9.17) is 26.0 Å². The van der Waals surface area contributed by atoms with Gasteiger partial charge in [0.25, 0.3) is 0 Å². The fraction of sp³-hybridized carbons (Fsp3) is 0.111. The Morgan fingerprint density at radius 1 is 1.35 bits per heavy atom. The highest BCUT2D eigenvalue weighted by atomic mass is 19.1. The monoisotopic (exact) mass is 239 g/mol. The lowest BCUT2D eigenvalue weighted by molar-refractivity contribution is 0.174. The molecule has 0 unspecified atom stereocenters. The van der Waals surface area contributed by atoms with Crippen LogP contribution in [-0.4, -0.2) is 18.7 Å². The van der Waals surface area contributed by atoms with Gasteiger partial charge in [0, 0.05) is 0 Å². The molecule has 1 aliphatic heterocycles. The van der Waals surface area contributed by atoms with E-state index in [0.717, 1.165) is 0 Å². The van der Waals surface area contributed by atoms with E-state index >= 15 is 0 Å². The van der Waals surface area contributed by atoms with Crippen LogP contribution in [0.15, 0.2) is 12.1 Å². The minimum absolute atomic E-state index is 0.000929. The highest BCUT2D eigenvalue weighted by Crippen LogP contribution is 2.40. The third-order valence-electron chi connectivity index (χ3n) is 2.00. The fourth-order valence-corrected chi connectivity index (χ4v) is 1.36. The van der Waals surface area contributed by atoms with Gasteiger partial charge in [-0.1, -0.05) is 0 Å². The van der Waals surface area contributed by atoms with Crippen molar-refractivity contribution in [3.05, 3.63) is 17.9 Å². The van der Waals surface area contributed by atoms with Crippen LogP contribution in [-0.2, 0) is 0 Å². The van der Waals surface area contributed by atoms with Crippen LogP contribution in [0.25, 0.3) is 0 Å². The fourth-order valence-electron chi connectivity index (χ4n) is 1.36. The van der Waals surface area contributed by atoms with Gasteiger partial charge in [0.1, 0.15) is 5.69 Å². The first-order valence-electron chi connectivity index (χ1n) is 4.62. The van der Waals surface area contributed by atoms with Crippen LogP contribution < -0.4 is 25.8 Å². The van der Waals surface area contributed by atoms with Gasteiger partial charge in [-0.05, 0) is 12.1 Å². The highest BCUT2D eigenvalue weighted by Gasteiger charge is 2.21. The van der Waals surface area contributed by atoms with Crippen LogP contribution in [0.2, 0.25) is 0 Å². The lowest BCUT2D eigenvalue weighted by atomic mass is 10.2. The Morgan fingerprint density at radius 3 is 2.82 bits per heavy atom. The Hall–Kier alpha value is -2.51. The largest absolute Gasteiger partial charge is 0.454 e. The zero-order valence-corrected chi connectivity index (χ0v) is 8.63. The van der Waals surface area contributed by atoms with Crippen molar-refractivity contribution in [1.82, 2.24) is 5.32 Å². The first kappa shape index (κ1) is 11.0. The zero-order valence-electron chi connectivity index (χ0n) is 8.63. The summed E-state index contributed by atoms with van der Waals surface area (Å²) in [6, 6.07) is 2.63. The third kappa shape index (κ3) is 2.19. The first-order valence-corrected chi connectivity index (χ1v) is 4.62. The van der Waals surface area contributed by atoms with Gasteiger partial charge in [0.2, 0.25) is 6.79 Å². The van der Waals surface area contributed by atoms with Gasteiger partial charge < -0.3 is 20.5 Å². The van der Waals surface area contributed by atoms with Crippen LogP contribution in [0.1, 0.15) is 0 Å². The van der Waals surface area contributed by atoms with Crippen molar-refractivity contribution in [3.8, 4) is 11.5 Å². The normalized spacial score (nSPS) is 12.1. The number of rotatable bonds is 1. The molecule has 0 bridgehead atoms. The van der Waals surface area contributed by atoms with E-state index in [2.05, 4.69) is 10.6 Å². The molecule has 1 heterocycles. The quantitative estimate of drug-likeness (QED) is 0.359. The van der Waals surface area contributed by atoms with Crippen molar-refractivity contribution < 1.29 is 13.9 Å². The molecule has 0 radical (unpaired) electrons. The molecule has 90 valence electrons. The Kier molecular flexibility index (Phi) is 2.69. The highest BCUT2D eigenvalue weighted by molar-refractivity contribution is 6.03. The summed E-state index contributed by atoms with van der Waals surface area (Å²) in [5.74, 6) is -0.762. The maximum atomic E-state index is 13.5.